The summed E-state index contributed by atoms with van der Waals surface area (Å²) < 4.78 is 1.13. The van der Waals surface area contributed by atoms with E-state index in [1.54, 1.807) is 0 Å². The van der Waals surface area contributed by atoms with Gasteiger partial charge in [0, 0.05) is 48.4 Å². The first-order chi connectivity index (χ1) is 9.72. The monoisotopic (exact) mass is 337 g/mol. The third kappa shape index (κ3) is 3.35. The zero-order chi connectivity index (χ0) is 13.9. The Labute approximate surface area is 130 Å². The maximum Gasteiger partial charge on any atom is 0.0351 e. The predicted octanol–water partition coefficient (Wildman–Crippen LogP) is 3.03. The van der Waals surface area contributed by atoms with Crippen molar-refractivity contribution < 1.29 is 0 Å². The third-order valence-corrected chi connectivity index (χ3v) is 5.11. The summed E-state index contributed by atoms with van der Waals surface area (Å²) in [5, 5.41) is 3.53. The molecule has 2 atom stereocenters. The molecule has 1 N–H and O–H groups in total. The van der Waals surface area contributed by atoms with Crippen LogP contribution in [0.15, 0.2) is 28.7 Å². The lowest BCUT2D eigenvalue weighted by Gasteiger charge is -2.42. The molecule has 1 aromatic rings. The highest BCUT2D eigenvalue weighted by atomic mass is 79.9. The fourth-order valence-electron chi connectivity index (χ4n) is 3.50. The molecule has 0 saturated carbocycles. The van der Waals surface area contributed by atoms with Crippen LogP contribution < -0.4 is 5.32 Å². The highest BCUT2D eigenvalue weighted by Gasteiger charge is 2.33. The fraction of sp³-hybridized carbons (Fsp3) is 0.625. The van der Waals surface area contributed by atoms with Crippen molar-refractivity contribution >= 4 is 21.6 Å². The van der Waals surface area contributed by atoms with E-state index in [0.29, 0.717) is 6.04 Å². The molecule has 0 aromatic heterocycles. The number of anilines is 1. The topological polar surface area (TPSA) is 18.5 Å². The van der Waals surface area contributed by atoms with Crippen LogP contribution in [-0.2, 0) is 0 Å². The first-order valence-corrected chi connectivity index (χ1v) is 8.49. The molecule has 2 heterocycles. The maximum atomic E-state index is 3.53. The van der Waals surface area contributed by atoms with Gasteiger partial charge in [-0.15, -0.1) is 0 Å². The van der Waals surface area contributed by atoms with E-state index in [4.69, 9.17) is 0 Å². The molecule has 0 aliphatic carbocycles. The summed E-state index contributed by atoms with van der Waals surface area (Å²) in [4.78, 5) is 5.33. The van der Waals surface area contributed by atoms with Crippen molar-refractivity contribution in [2.45, 2.75) is 31.8 Å². The first-order valence-electron chi connectivity index (χ1n) is 7.70. The molecule has 3 nitrogen and oxygen atoms in total. The van der Waals surface area contributed by atoms with Crippen molar-refractivity contribution in [2.75, 3.05) is 38.0 Å². The van der Waals surface area contributed by atoms with Crippen molar-refractivity contribution in [3.63, 3.8) is 0 Å². The van der Waals surface area contributed by atoms with Crippen LogP contribution >= 0.6 is 15.9 Å². The maximum absolute atomic E-state index is 3.53. The van der Waals surface area contributed by atoms with E-state index in [-0.39, 0.29) is 0 Å². The van der Waals surface area contributed by atoms with Gasteiger partial charge in [0.25, 0.3) is 0 Å². The minimum atomic E-state index is 0.689. The molecule has 0 amide bonds. The molecular weight excluding hydrogens is 314 g/mol. The van der Waals surface area contributed by atoms with Gasteiger partial charge in [0.1, 0.15) is 0 Å². The molecule has 2 aliphatic heterocycles. The summed E-state index contributed by atoms with van der Waals surface area (Å²) in [6.07, 6.45) is 2.78. The van der Waals surface area contributed by atoms with E-state index in [2.05, 4.69) is 62.2 Å². The number of hydrogen-bond acceptors (Lipinski definition) is 3. The number of hydrogen-bond donors (Lipinski definition) is 1. The summed E-state index contributed by atoms with van der Waals surface area (Å²) >= 11 is 3.52. The second-order valence-corrected chi connectivity index (χ2v) is 6.99. The van der Waals surface area contributed by atoms with Gasteiger partial charge < -0.3 is 5.32 Å². The van der Waals surface area contributed by atoms with Gasteiger partial charge in [-0.25, -0.2) is 0 Å². The van der Waals surface area contributed by atoms with Gasteiger partial charge in [-0.1, -0.05) is 22.0 Å². The van der Waals surface area contributed by atoms with E-state index in [1.165, 1.54) is 38.2 Å². The molecule has 2 fully saturated rings. The van der Waals surface area contributed by atoms with Crippen LogP contribution in [0, 0.1) is 0 Å². The molecule has 0 radical (unpaired) electrons. The molecule has 110 valence electrons. The number of piperazine rings is 1. The van der Waals surface area contributed by atoms with Crippen molar-refractivity contribution in [2.24, 2.45) is 0 Å². The Balaban J connectivity index is 1.48. The Morgan fingerprint density at radius 2 is 2.25 bits per heavy atom. The molecule has 20 heavy (non-hydrogen) atoms. The van der Waals surface area contributed by atoms with Crippen LogP contribution in [0.2, 0.25) is 0 Å². The van der Waals surface area contributed by atoms with E-state index in [1.807, 2.05) is 0 Å². The van der Waals surface area contributed by atoms with Gasteiger partial charge in [0.15, 0.2) is 0 Å². The predicted molar refractivity (Wildman–Crippen MR) is 88.3 cm³/mol. The van der Waals surface area contributed by atoms with Gasteiger partial charge in [-0.05, 0) is 44.5 Å². The lowest BCUT2D eigenvalue weighted by molar-refractivity contribution is 0.0627. The molecule has 3 rings (SSSR count). The number of fused-ring (bicyclic) bond motifs is 1. The number of benzene rings is 1. The molecule has 2 saturated heterocycles. The lowest BCUT2D eigenvalue weighted by Crippen LogP contribution is -2.55. The molecule has 1 aromatic carbocycles. The van der Waals surface area contributed by atoms with Crippen molar-refractivity contribution in [1.82, 2.24) is 9.80 Å². The Hall–Kier alpha value is -0.580. The standard InChI is InChI=1S/C16H24BrN3/c1-13-11-20-8-3-6-16(20)12-19(13)9-7-18-15-5-2-4-14(17)10-15/h2,4-5,10,13,16,18H,3,6-9,11-12H2,1H3. The quantitative estimate of drug-likeness (QED) is 0.910. The minimum Gasteiger partial charge on any atom is -0.384 e. The summed E-state index contributed by atoms with van der Waals surface area (Å²) in [7, 11) is 0. The molecule has 2 unspecified atom stereocenters. The van der Waals surface area contributed by atoms with Crippen molar-refractivity contribution in [3.05, 3.63) is 28.7 Å². The van der Waals surface area contributed by atoms with Crippen LogP contribution in [0.25, 0.3) is 0 Å². The van der Waals surface area contributed by atoms with E-state index in [0.717, 1.165) is 23.6 Å². The zero-order valence-corrected chi connectivity index (χ0v) is 13.8. The summed E-state index contributed by atoms with van der Waals surface area (Å²) in [6, 6.07) is 9.91. The average molecular weight is 338 g/mol. The van der Waals surface area contributed by atoms with Crippen molar-refractivity contribution in [1.29, 1.82) is 0 Å². The average Bonchev–Trinajstić information content (AvgIpc) is 2.86. The molecule has 0 bridgehead atoms. The van der Waals surface area contributed by atoms with Gasteiger partial charge in [0.2, 0.25) is 0 Å². The zero-order valence-electron chi connectivity index (χ0n) is 12.2. The Bertz CT molecular complexity index is 451. The Morgan fingerprint density at radius 3 is 3.10 bits per heavy atom. The number of nitrogens with zero attached hydrogens (tertiary/aromatic N) is 2. The lowest BCUT2D eigenvalue weighted by atomic mass is 10.1. The van der Waals surface area contributed by atoms with Crippen LogP contribution in [0.1, 0.15) is 19.8 Å². The summed E-state index contributed by atoms with van der Waals surface area (Å²) in [5.41, 5.74) is 1.20. The number of rotatable bonds is 4. The van der Waals surface area contributed by atoms with Crippen LogP contribution in [0.4, 0.5) is 5.69 Å². The smallest absolute Gasteiger partial charge is 0.0351 e. The fourth-order valence-corrected chi connectivity index (χ4v) is 3.90. The normalized spacial score (nSPS) is 27.5. The molecule has 4 heteroatoms. The SMILES string of the molecule is CC1CN2CCCC2CN1CCNc1cccc(Br)c1. The second-order valence-electron chi connectivity index (χ2n) is 6.07. The highest BCUT2D eigenvalue weighted by molar-refractivity contribution is 9.10. The summed E-state index contributed by atoms with van der Waals surface area (Å²) in [6.45, 7) is 8.35. The van der Waals surface area contributed by atoms with Gasteiger partial charge in [-0.3, -0.25) is 9.80 Å². The van der Waals surface area contributed by atoms with Crippen LogP contribution in [-0.4, -0.2) is 54.6 Å². The van der Waals surface area contributed by atoms with Gasteiger partial charge in [-0.2, -0.15) is 0 Å². The largest absolute Gasteiger partial charge is 0.384 e. The first kappa shape index (κ1) is 14.4. The summed E-state index contributed by atoms with van der Waals surface area (Å²) in [5.74, 6) is 0. The second kappa shape index (κ2) is 6.46. The molecule has 0 spiro atoms. The van der Waals surface area contributed by atoms with E-state index < -0.39 is 0 Å². The van der Waals surface area contributed by atoms with Crippen LogP contribution in [0.3, 0.4) is 0 Å². The third-order valence-electron chi connectivity index (χ3n) is 4.62. The number of halogens is 1. The number of nitrogens with one attached hydrogen (secondary N) is 1. The molecular formula is C16H24BrN3. The Morgan fingerprint density at radius 1 is 1.35 bits per heavy atom. The molecule has 2 aliphatic rings. The van der Waals surface area contributed by atoms with E-state index >= 15 is 0 Å². The minimum absolute atomic E-state index is 0.689. The van der Waals surface area contributed by atoms with E-state index in [9.17, 15) is 0 Å². The van der Waals surface area contributed by atoms with Gasteiger partial charge in [0.05, 0.1) is 0 Å². The van der Waals surface area contributed by atoms with Crippen LogP contribution in [0.5, 0.6) is 0 Å². The Kier molecular flexibility index (Phi) is 4.64. The van der Waals surface area contributed by atoms with Gasteiger partial charge >= 0.3 is 0 Å². The highest BCUT2D eigenvalue weighted by Crippen LogP contribution is 2.24. The van der Waals surface area contributed by atoms with Crippen molar-refractivity contribution in [3.8, 4) is 0 Å².